The number of ether oxygens (including phenoxy) is 1. The molecule has 9 nitrogen and oxygen atoms in total. The van der Waals surface area contributed by atoms with E-state index in [1.165, 1.54) is 0 Å². The normalized spacial score (nSPS) is 20.4. The van der Waals surface area contributed by atoms with Crippen molar-refractivity contribution in [1.29, 1.82) is 0 Å². The predicted octanol–water partition coefficient (Wildman–Crippen LogP) is 3.49. The molecule has 2 saturated heterocycles. The molecule has 9 heteroatoms. The van der Waals surface area contributed by atoms with Gasteiger partial charge >= 0.3 is 0 Å². The second kappa shape index (κ2) is 10.2. The zero-order valence-corrected chi connectivity index (χ0v) is 21.8. The number of nitrogens with two attached hydrogens (primary N) is 1. The van der Waals surface area contributed by atoms with E-state index in [2.05, 4.69) is 16.9 Å². The summed E-state index contributed by atoms with van der Waals surface area (Å²) in [6.45, 7) is 4.91. The van der Waals surface area contributed by atoms with Crippen LogP contribution in [0.5, 0.6) is 0 Å². The van der Waals surface area contributed by atoms with Crippen molar-refractivity contribution in [2.75, 3.05) is 38.2 Å². The fraction of sp³-hybridized carbons (Fsp3) is 0.379. The van der Waals surface area contributed by atoms with Crippen LogP contribution >= 0.6 is 0 Å². The number of rotatable bonds is 5. The third-order valence-electron chi connectivity index (χ3n) is 7.58. The van der Waals surface area contributed by atoms with Gasteiger partial charge in [-0.15, -0.1) is 0 Å². The number of aromatic nitrogens is 4. The first kappa shape index (κ1) is 24.5. The molecule has 4 aromatic rings. The molecule has 2 aliphatic rings. The van der Waals surface area contributed by atoms with Crippen molar-refractivity contribution in [3.63, 3.8) is 0 Å². The zero-order valence-electron chi connectivity index (χ0n) is 21.8. The van der Waals surface area contributed by atoms with Gasteiger partial charge in [0.15, 0.2) is 5.65 Å². The van der Waals surface area contributed by atoms with Crippen LogP contribution in [0.3, 0.4) is 0 Å². The molecule has 196 valence electrons. The molecule has 0 bridgehead atoms. The van der Waals surface area contributed by atoms with E-state index in [0.717, 1.165) is 48.6 Å². The molecular formula is C29H33N7O2. The van der Waals surface area contributed by atoms with E-state index in [9.17, 15) is 4.79 Å². The summed E-state index contributed by atoms with van der Waals surface area (Å²) in [6.07, 6.45) is 5.80. The highest BCUT2D eigenvalue weighted by atomic mass is 16.5. The van der Waals surface area contributed by atoms with Gasteiger partial charge in [-0.05, 0) is 37.0 Å². The molecule has 0 radical (unpaired) electrons. The molecule has 0 spiro atoms. The van der Waals surface area contributed by atoms with Crippen molar-refractivity contribution in [2.24, 2.45) is 11.7 Å². The topological polar surface area (TPSA) is 102 Å². The summed E-state index contributed by atoms with van der Waals surface area (Å²) >= 11 is 0. The molecule has 5 heterocycles. The molecule has 2 aliphatic heterocycles. The Hall–Kier alpha value is -3.82. The molecule has 2 atom stereocenters. The van der Waals surface area contributed by atoms with E-state index < -0.39 is 0 Å². The third kappa shape index (κ3) is 4.75. The number of likely N-dealkylation sites (tertiary alicyclic amines) is 1. The van der Waals surface area contributed by atoms with Gasteiger partial charge in [0, 0.05) is 56.7 Å². The van der Waals surface area contributed by atoms with Crippen LogP contribution < -0.4 is 10.6 Å². The van der Waals surface area contributed by atoms with Gasteiger partial charge in [-0.1, -0.05) is 37.3 Å². The second-order valence-corrected chi connectivity index (χ2v) is 10.5. The van der Waals surface area contributed by atoms with Crippen molar-refractivity contribution in [2.45, 2.75) is 31.9 Å². The molecule has 0 saturated carbocycles. The van der Waals surface area contributed by atoms with Crippen LogP contribution in [-0.2, 0) is 4.74 Å². The fourth-order valence-electron chi connectivity index (χ4n) is 5.30. The molecule has 6 rings (SSSR count). The average molecular weight is 512 g/mol. The Morgan fingerprint density at radius 2 is 1.82 bits per heavy atom. The summed E-state index contributed by atoms with van der Waals surface area (Å²) in [6, 6.07) is 15.8. The first-order valence-corrected chi connectivity index (χ1v) is 13.2. The van der Waals surface area contributed by atoms with Crippen LogP contribution in [0.4, 0.5) is 5.82 Å². The van der Waals surface area contributed by atoms with Crippen LogP contribution in [0.1, 0.15) is 30.1 Å². The predicted molar refractivity (Wildman–Crippen MR) is 147 cm³/mol. The van der Waals surface area contributed by atoms with E-state index in [4.69, 9.17) is 20.4 Å². The lowest BCUT2D eigenvalue weighted by Crippen LogP contribution is -2.52. The molecule has 2 unspecified atom stereocenters. The van der Waals surface area contributed by atoms with Crippen LogP contribution in [0.15, 0.2) is 60.9 Å². The quantitative estimate of drug-likeness (QED) is 0.438. The monoisotopic (exact) mass is 511 g/mol. The number of carbonyl (C=O) groups excluding carboxylic acids is 1. The smallest absolute Gasteiger partial charge is 0.254 e. The lowest BCUT2D eigenvalue weighted by molar-refractivity contribution is 0.0737. The largest absolute Gasteiger partial charge is 0.378 e. The number of methoxy groups -OCH3 is 1. The van der Waals surface area contributed by atoms with E-state index in [0.29, 0.717) is 35.9 Å². The number of carbonyl (C=O) groups is 1. The summed E-state index contributed by atoms with van der Waals surface area (Å²) in [7, 11) is 1.72. The molecule has 3 aromatic heterocycles. The molecule has 2 fully saturated rings. The van der Waals surface area contributed by atoms with Gasteiger partial charge in [0.25, 0.3) is 5.91 Å². The minimum absolute atomic E-state index is 0.0113. The van der Waals surface area contributed by atoms with Gasteiger partial charge in [-0.3, -0.25) is 4.79 Å². The van der Waals surface area contributed by atoms with E-state index in [1.54, 1.807) is 17.8 Å². The number of fused-ring (bicyclic) bond motifs is 1. The lowest BCUT2D eigenvalue weighted by Gasteiger charge is -2.39. The standard InChI is InChI=1S/C29H33N7O2/c1-19-8-9-22(30)16-35(15-19)29(37)21-12-26(32-27(13-21)34-17-23(18-34)38-2)24-14-31-36-11-10-25(33-28(24)36)20-6-4-3-5-7-20/h3-7,10-14,19,22-23H,8-9,15-18,30H2,1-2H3. The van der Waals surface area contributed by atoms with Crippen LogP contribution in [-0.4, -0.2) is 75.8 Å². The number of nitrogens with zero attached hydrogens (tertiary/aromatic N) is 6. The van der Waals surface area contributed by atoms with Crippen LogP contribution in [0.2, 0.25) is 0 Å². The van der Waals surface area contributed by atoms with Crippen molar-refractivity contribution in [3.8, 4) is 22.5 Å². The highest BCUT2D eigenvalue weighted by molar-refractivity contribution is 5.96. The maximum atomic E-state index is 13.8. The number of amides is 1. The fourth-order valence-corrected chi connectivity index (χ4v) is 5.30. The van der Waals surface area contributed by atoms with Crippen LogP contribution in [0.25, 0.3) is 28.2 Å². The van der Waals surface area contributed by atoms with Gasteiger partial charge in [0.05, 0.1) is 29.3 Å². The maximum Gasteiger partial charge on any atom is 0.254 e. The number of anilines is 1. The first-order valence-electron chi connectivity index (χ1n) is 13.2. The lowest BCUT2D eigenvalue weighted by atomic mass is 10.0. The Bertz CT molecular complexity index is 1440. The van der Waals surface area contributed by atoms with E-state index >= 15 is 0 Å². The van der Waals surface area contributed by atoms with E-state index in [-0.39, 0.29) is 18.1 Å². The number of hydrogen-bond donors (Lipinski definition) is 1. The Balaban J connectivity index is 1.42. The molecule has 38 heavy (non-hydrogen) atoms. The Kier molecular flexibility index (Phi) is 6.55. The highest BCUT2D eigenvalue weighted by Crippen LogP contribution is 2.30. The number of benzene rings is 1. The van der Waals surface area contributed by atoms with Crippen molar-refractivity contribution in [3.05, 3.63) is 66.5 Å². The molecular weight excluding hydrogens is 478 g/mol. The molecule has 1 amide bonds. The SMILES string of the molecule is COC1CN(c2cc(C(=O)N3CC(C)CCC(N)C3)cc(-c3cnn4ccc(-c5ccccc5)nc34)n2)C1. The summed E-state index contributed by atoms with van der Waals surface area (Å²) in [4.78, 5) is 27.8. The summed E-state index contributed by atoms with van der Waals surface area (Å²) in [5, 5.41) is 4.53. The summed E-state index contributed by atoms with van der Waals surface area (Å²) < 4.78 is 7.23. The molecule has 2 N–H and O–H groups in total. The first-order chi connectivity index (χ1) is 18.5. The summed E-state index contributed by atoms with van der Waals surface area (Å²) in [5.41, 5.74) is 11.0. The maximum absolute atomic E-state index is 13.8. The number of pyridine rings is 1. The molecule has 1 aromatic carbocycles. The molecule has 0 aliphatic carbocycles. The van der Waals surface area contributed by atoms with Crippen molar-refractivity contribution in [1.82, 2.24) is 24.5 Å². The minimum Gasteiger partial charge on any atom is -0.378 e. The Morgan fingerprint density at radius 3 is 2.61 bits per heavy atom. The highest BCUT2D eigenvalue weighted by Gasteiger charge is 2.30. The van der Waals surface area contributed by atoms with Crippen molar-refractivity contribution < 1.29 is 9.53 Å². The Morgan fingerprint density at radius 1 is 1.00 bits per heavy atom. The van der Waals surface area contributed by atoms with Gasteiger partial charge in [0.2, 0.25) is 0 Å². The van der Waals surface area contributed by atoms with E-state index in [1.807, 2.05) is 59.6 Å². The second-order valence-electron chi connectivity index (χ2n) is 10.5. The minimum atomic E-state index is -0.0164. The third-order valence-corrected chi connectivity index (χ3v) is 7.58. The summed E-state index contributed by atoms with van der Waals surface area (Å²) in [5.74, 6) is 1.15. The zero-order chi connectivity index (χ0) is 26.2. The average Bonchev–Trinajstić information content (AvgIpc) is 3.26. The van der Waals surface area contributed by atoms with Gasteiger partial charge in [-0.2, -0.15) is 5.10 Å². The van der Waals surface area contributed by atoms with Crippen molar-refractivity contribution >= 4 is 17.4 Å². The van der Waals surface area contributed by atoms with Gasteiger partial charge in [-0.25, -0.2) is 14.5 Å². The van der Waals surface area contributed by atoms with Gasteiger partial charge < -0.3 is 20.3 Å². The van der Waals surface area contributed by atoms with Crippen LogP contribution in [0, 0.1) is 5.92 Å². The van der Waals surface area contributed by atoms with Gasteiger partial charge in [0.1, 0.15) is 5.82 Å². The Labute approximate surface area is 222 Å². The number of hydrogen-bond acceptors (Lipinski definition) is 7.